The Hall–Kier alpha value is -1.71. The standard InChI is InChI=1S/C5H5NO2.C4H6O/c1-6-4(7)2-3-5(6)8;1-3-4(2)5/h2-3H,1H3;3H,1H2,2H3. The smallest absolute Gasteiger partial charge is 0.253 e. The van der Waals surface area contributed by atoms with Gasteiger partial charge in [-0.15, -0.1) is 0 Å². The molecule has 4 heteroatoms. The molecule has 70 valence electrons. The summed E-state index contributed by atoms with van der Waals surface area (Å²) in [7, 11) is 1.45. The van der Waals surface area contributed by atoms with Crippen molar-refractivity contribution < 1.29 is 14.4 Å². The quantitative estimate of drug-likeness (QED) is 0.432. The normalized spacial score (nSPS) is 13.8. The van der Waals surface area contributed by atoms with E-state index in [4.69, 9.17) is 0 Å². The number of hydrogen-bond donors (Lipinski definition) is 0. The van der Waals surface area contributed by atoms with Crippen molar-refractivity contribution in [2.75, 3.05) is 7.05 Å². The molecule has 0 bridgehead atoms. The van der Waals surface area contributed by atoms with E-state index >= 15 is 0 Å². The van der Waals surface area contributed by atoms with Crippen LogP contribution >= 0.6 is 0 Å². The molecule has 0 aromatic heterocycles. The van der Waals surface area contributed by atoms with E-state index in [1.54, 1.807) is 0 Å². The van der Waals surface area contributed by atoms with Crippen LogP contribution in [0.15, 0.2) is 24.8 Å². The van der Waals surface area contributed by atoms with E-state index in [0.29, 0.717) is 0 Å². The highest BCUT2D eigenvalue weighted by atomic mass is 16.2. The number of nitrogens with zero attached hydrogens (tertiary/aromatic N) is 1. The van der Waals surface area contributed by atoms with Gasteiger partial charge in [0.25, 0.3) is 11.8 Å². The van der Waals surface area contributed by atoms with Crippen molar-refractivity contribution in [1.29, 1.82) is 0 Å². The summed E-state index contributed by atoms with van der Waals surface area (Å²) in [5.41, 5.74) is 0. The Morgan fingerprint density at radius 2 is 1.69 bits per heavy atom. The zero-order chi connectivity index (χ0) is 10.4. The third kappa shape index (κ3) is 4.00. The summed E-state index contributed by atoms with van der Waals surface area (Å²) in [6.45, 7) is 4.68. The van der Waals surface area contributed by atoms with Gasteiger partial charge < -0.3 is 0 Å². The van der Waals surface area contributed by atoms with Gasteiger partial charge in [0.15, 0.2) is 5.78 Å². The minimum Gasteiger partial charge on any atom is -0.295 e. The number of amides is 2. The van der Waals surface area contributed by atoms with Gasteiger partial charge in [-0.2, -0.15) is 0 Å². The molecule has 0 spiro atoms. The maximum atomic E-state index is 10.4. The van der Waals surface area contributed by atoms with Gasteiger partial charge in [0, 0.05) is 19.2 Å². The van der Waals surface area contributed by atoms with Crippen LogP contribution in [0.1, 0.15) is 6.92 Å². The fourth-order valence-corrected chi connectivity index (χ4v) is 0.475. The third-order valence-corrected chi connectivity index (χ3v) is 1.32. The second-order valence-electron chi connectivity index (χ2n) is 2.38. The molecule has 1 heterocycles. The lowest BCUT2D eigenvalue weighted by Crippen LogP contribution is -2.24. The highest BCUT2D eigenvalue weighted by molar-refractivity contribution is 6.12. The van der Waals surface area contributed by atoms with Crippen molar-refractivity contribution in [1.82, 2.24) is 4.90 Å². The maximum absolute atomic E-state index is 10.4. The van der Waals surface area contributed by atoms with Crippen molar-refractivity contribution in [3.63, 3.8) is 0 Å². The van der Waals surface area contributed by atoms with Gasteiger partial charge in [-0.1, -0.05) is 6.58 Å². The number of hydrogen-bond acceptors (Lipinski definition) is 3. The van der Waals surface area contributed by atoms with Crippen LogP contribution in [0.3, 0.4) is 0 Å². The van der Waals surface area contributed by atoms with Crippen LogP contribution in [0.2, 0.25) is 0 Å². The summed E-state index contributed by atoms with van der Waals surface area (Å²) < 4.78 is 0. The lowest BCUT2D eigenvalue weighted by Gasteiger charge is -2.01. The van der Waals surface area contributed by atoms with E-state index in [1.165, 1.54) is 32.2 Å². The van der Waals surface area contributed by atoms with Crippen LogP contribution in [0.5, 0.6) is 0 Å². The lowest BCUT2D eigenvalue weighted by molar-refractivity contribution is -0.135. The Labute approximate surface area is 76.5 Å². The average Bonchev–Trinajstić information content (AvgIpc) is 2.37. The summed E-state index contributed by atoms with van der Waals surface area (Å²) >= 11 is 0. The summed E-state index contributed by atoms with van der Waals surface area (Å²) in [4.78, 5) is 31.6. The van der Waals surface area contributed by atoms with E-state index < -0.39 is 0 Å². The molecule has 0 radical (unpaired) electrons. The van der Waals surface area contributed by atoms with E-state index in [-0.39, 0.29) is 17.6 Å². The summed E-state index contributed by atoms with van der Waals surface area (Å²) in [5.74, 6) is -0.463. The van der Waals surface area contributed by atoms with Gasteiger partial charge in [-0.05, 0) is 13.0 Å². The van der Waals surface area contributed by atoms with E-state index in [9.17, 15) is 14.4 Å². The van der Waals surface area contributed by atoms with Gasteiger partial charge >= 0.3 is 0 Å². The molecule has 1 rings (SSSR count). The average molecular weight is 181 g/mol. The monoisotopic (exact) mass is 181 g/mol. The van der Waals surface area contributed by atoms with Gasteiger partial charge in [0.1, 0.15) is 0 Å². The Balaban J connectivity index is 0.000000252. The molecule has 0 aromatic rings. The first-order valence-corrected chi connectivity index (χ1v) is 3.61. The van der Waals surface area contributed by atoms with Gasteiger partial charge in [-0.3, -0.25) is 19.3 Å². The van der Waals surface area contributed by atoms with E-state index in [2.05, 4.69) is 6.58 Å². The van der Waals surface area contributed by atoms with Crippen molar-refractivity contribution in [3.05, 3.63) is 24.8 Å². The van der Waals surface area contributed by atoms with Crippen LogP contribution in [0, 0.1) is 0 Å². The first-order valence-electron chi connectivity index (χ1n) is 3.61. The van der Waals surface area contributed by atoms with Crippen LogP contribution in [0.25, 0.3) is 0 Å². The number of imide groups is 1. The van der Waals surface area contributed by atoms with Crippen LogP contribution < -0.4 is 0 Å². The van der Waals surface area contributed by atoms with E-state index in [1.807, 2.05) is 0 Å². The molecule has 0 aliphatic carbocycles. The number of carbonyl (C=O) groups is 3. The van der Waals surface area contributed by atoms with Crippen molar-refractivity contribution in [3.8, 4) is 0 Å². The first kappa shape index (κ1) is 11.3. The molecule has 0 fully saturated rings. The second kappa shape index (κ2) is 5.03. The Kier molecular flexibility index (Phi) is 4.37. The lowest BCUT2D eigenvalue weighted by atomic mass is 10.5. The molecule has 4 nitrogen and oxygen atoms in total. The van der Waals surface area contributed by atoms with Crippen molar-refractivity contribution in [2.24, 2.45) is 0 Å². The summed E-state index contributed by atoms with van der Waals surface area (Å²) in [5, 5.41) is 0. The second-order valence-corrected chi connectivity index (χ2v) is 2.38. The van der Waals surface area contributed by atoms with Gasteiger partial charge in [0.2, 0.25) is 0 Å². The number of rotatable bonds is 1. The Morgan fingerprint density at radius 1 is 1.38 bits per heavy atom. The zero-order valence-corrected chi connectivity index (χ0v) is 7.61. The molecule has 0 N–H and O–H groups in total. The minimum atomic E-state index is -0.241. The number of carbonyl (C=O) groups excluding carboxylic acids is 3. The topological polar surface area (TPSA) is 54.5 Å². The minimum absolute atomic E-state index is 0.0185. The summed E-state index contributed by atoms with van der Waals surface area (Å²) in [6.07, 6.45) is 3.78. The number of likely N-dealkylation sites (N-methyl/N-ethyl adjacent to an activating group) is 1. The molecule has 0 saturated heterocycles. The number of allylic oxidation sites excluding steroid dienone is 1. The van der Waals surface area contributed by atoms with Crippen LogP contribution in [-0.2, 0) is 14.4 Å². The predicted molar refractivity (Wildman–Crippen MR) is 47.8 cm³/mol. The van der Waals surface area contributed by atoms with Gasteiger partial charge in [-0.25, -0.2) is 0 Å². The van der Waals surface area contributed by atoms with Crippen LogP contribution in [0.4, 0.5) is 0 Å². The van der Waals surface area contributed by atoms with Crippen molar-refractivity contribution >= 4 is 17.6 Å². The van der Waals surface area contributed by atoms with Crippen molar-refractivity contribution in [2.45, 2.75) is 6.92 Å². The molecule has 0 unspecified atom stereocenters. The highest BCUT2D eigenvalue weighted by Crippen LogP contribution is 1.97. The largest absolute Gasteiger partial charge is 0.295 e. The SMILES string of the molecule is C=CC(C)=O.CN1C(=O)C=CC1=O. The molecule has 13 heavy (non-hydrogen) atoms. The summed E-state index contributed by atoms with van der Waals surface area (Å²) in [6, 6.07) is 0. The fraction of sp³-hybridized carbons (Fsp3) is 0.222. The third-order valence-electron chi connectivity index (χ3n) is 1.32. The molecular weight excluding hydrogens is 170 g/mol. The van der Waals surface area contributed by atoms with E-state index in [0.717, 1.165) is 4.90 Å². The molecule has 1 aliphatic rings. The Morgan fingerprint density at radius 3 is 1.77 bits per heavy atom. The maximum Gasteiger partial charge on any atom is 0.253 e. The molecule has 2 amide bonds. The molecule has 0 saturated carbocycles. The molecular formula is C9H11NO3. The molecule has 0 aromatic carbocycles. The highest BCUT2D eigenvalue weighted by Gasteiger charge is 2.17. The van der Waals surface area contributed by atoms with Gasteiger partial charge in [0.05, 0.1) is 0 Å². The first-order chi connectivity index (χ1) is 5.99. The number of ketones is 1. The Bertz CT molecular complexity index is 261. The fourth-order valence-electron chi connectivity index (χ4n) is 0.475. The molecule has 0 atom stereocenters. The molecule has 1 aliphatic heterocycles. The predicted octanol–water partition coefficient (Wildman–Crippen LogP) is 0.303. The zero-order valence-electron chi connectivity index (χ0n) is 7.61. The van der Waals surface area contributed by atoms with Crippen LogP contribution in [-0.4, -0.2) is 29.5 Å².